The van der Waals surface area contributed by atoms with Crippen LogP contribution in [-0.2, 0) is 30.5 Å². The number of allylic oxidation sites excluding steroid dienone is 1. The van der Waals surface area contributed by atoms with Crippen LogP contribution in [0, 0.1) is 0 Å². The van der Waals surface area contributed by atoms with Gasteiger partial charge in [0.25, 0.3) is 5.91 Å². The second kappa shape index (κ2) is 11.9. The second-order valence-electron chi connectivity index (χ2n) is 9.29. The maximum Gasteiger partial charge on any atom is 0.352 e. The Morgan fingerprint density at radius 3 is 2.66 bits per heavy atom. The molecule has 214 valence electrons. The van der Waals surface area contributed by atoms with Crippen molar-refractivity contribution in [3.63, 3.8) is 0 Å². The number of nitrogens with one attached hydrogen (secondary N) is 2. The van der Waals surface area contributed by atoms with Crippen molar-refractivity contribution in [1.82, 2.24) is 25.3 Å². The summed E-state index contributed by atoms with van der Waals surface area (Å²) >= 11 is 3.53. The number of hydrogen-bond acceptors (Lipinski definition) is 11. The number of hydrogen-bond donors (Lipinski definition) is 4. The number of phenols is 1. The fourth-order valence-corrected chi connectivity index (χ4v) is 7.46. The van der Waals surface area contributed by atoms with Crippen LogP contribution in [0.4, 0.5) is 5.13 Å². The molecular weight excluding hydrogens is 593 g/mol. The lowest BCUT2D eigenvalue weighted by Gasteiger charge is -2.49. The predicted octanol–water partition coefficient (Wildman–Crippen LogP) is 1.39. The Balaban J connectivity index is 1.21. The second-order valence-corrected chi connectivity index (χ2v) is 12.6. The number of nitrogens with zero attached hydrogens (tertiary/aromatic N) is 4. The molecule has 5 rings (SSSR count). The number of aromatic hydroxyl groups is 1. The Kier molecular flexibility index (Phi) is 8.32. The van der Waals surface area contributed by atoms with Gasteiger partial charge < -0.3 is 25.7 Å². The van der Waals surface area contributed by atoms with Crippen LogP contribution in [-0.4, -0.2) is 89.3 Å². The zero-order chi connectivity index (χ0) is 29.3. The van der Waals surface area contributed by atoms with E-state index in [4.69, 9.17) is 0 Å². The van der Waals surface area contributed by atoms with E-state index in [9.17, 15) is 34.2 Å². The lowest BCUT2D eigenvalue weighted by atomic mass is 10.0. The average Bonchev–Trinajstić information content (AvgIpc) is 3.52. The van der Waals surface area contributed by atoms with E-state index >= 15 is 0 Å². The molecule has 13 nitrogen and oxygen atoms in total. The topological polar surface area (TPSA) is 182 Å². The van der Waals surface area contributed by atoms with Gasteiger partial charge in [-0.1, -0.05) is 35.2 Å². The van der Waals surface area contributed by atoms with Gasteiger partial charge in [-0.2, -0.15) is 0 Å². The zero-order valence-electron chi connectivity index (χ0n) is 21.5. The van der Waals surface area contributed by atoms with Crippen LogP contribution in [0.15, 0.2) is 51.5 Å². The van der Waals surface area contributed by atoms with Crippen molar-refractivity contribution in [3.05, 3.63) is 52.7 Å². The minimum absolute atomic E-state index is 0.0440. The Bertz CT molecular complexity index is 1490. The molecule has 41 heavy (non-hydrogen) atoms. The highest BCUT2D eigenvalue weighted by Gasteiger charge is 2.54. The van der Waals surface area contributed by atoms with Crippen molar-refractivity contribution in [2.24, 2.45) is 0 Å². The first kappa shape index (κ1) is 28.6. The molecule has 2 fully saturated rings. The molecule has 3 aliphatic heterocycles. The van der Waals surface area contributed by atoms with Gasteiger partial charge in [-0.05, 0) is 35.8 Å². The number of likely N-dealkylation sites (tertiary alicyclic amines) is 1. The Hall–Kier alpha value is -3.89. The highest BCUT2D eigenvalue weighted by Crippen LogP contribution is 2.41. The third-order valence-corrected chi connectivity index (χ3v) is 9.68. The molecule has 0 aliphatic carbocycles. The van der Waals surface area contributed by atoms with Gasteiger partial charge in [-0.15, -0.1) is 22.0 Å². The maximum atomic E-state index is 13.0. The number of carbonyl (C=O) groups is 5. The highest BCUT2D eigenvalue weighted by molar-refractivity contribution is 8.01. The molecule has 0 saturated carbocycles. The van der Waals surface area contributed by atoms with E-state index in [1.165, 1.54) is 23.6 Å². The smallest absolute Gasteiger partial charge is 0.352 e. The van der Waals surface area contributed by atoms with Gasteiger partial charge in [0.05, 0.1) is 5.75 Å². The number of rotatable bonds is 9. The number of phenolic OH excluding ortho intramolecular Hbond substituents is 1. The Morgan fingerprint density at radius 2 is 1.95 bits per heavy atom. The number of aromatic nitrogens is 2. The number of amides is 4. The number of carboxylic acid groups (broad SMARTS) is 1. The SMILES string of the molecule is CC(=O)Nc1nnc(SCC(=O)N[C@@H]2C(=O)N3C(C(=O)O)=C(C=C4CCN(Cc5ccc(O)cc5)C4=O)CS[C@H]23)s1. The van der Waals surface area contributed by atoms with E-state index in [0.717, 1.165) is 28.7 Å². The summed E-state index contributed by atoms with van der Waals surface area (Å²) in [6, 6.07) is 5.69. The van der Waals surface area contributed by atoms with Crippen LogP contribution >= 0.6 is 34.9 Å². The molecule has 0 bridgehead atoms. The maximum absolute atomic E-state index is 13.0. The van der Waals surface area contributed by atoms with Crippen molar-refractivity contribution in [2.75, 3.05) is 23.4 Å². The fraction of sp³-hybridized carbons (Fsp3) is 0.320. The summed E-state index contributed by atoms with van der Waals surface area (Å²) in [5.41, 5.74) is 1.50. The third kappa shape index (κ3) is 6.23. The minimum atomic E-state index is -1.28. The van der Waals surface area contributed by atoms with Gasteiger partial charge in [0, 0.05) is 31.3 Å². The van der Waals surface area contributed by atoms with Gasteiger partial charge in [0.1, 0.15) is 22.9 Å². The van der Waals surface area contributed by atoms with Crippen LogP contribution < -0.4 is 10.6 Å². The first-order valence-electron chi connectivity index (χ1n) is 12.3. The number of carboxylic acids is 1. The molecule has 2 saturated heterocycles. The summed E-state index contributed by atoms with van der Waals surface area (Å²) in [4.78, 5) is 64.7. The van der Waals surface area contributed by atoms with E-state index < -0.39 is 29.2 Å². The van der Waals surface area contributed by atoms with Gasteiger partial charge in [0.2, 0.25) is 22.9 Å². The molecule has 2 aromatic rings. The number of anilines is 1. The van der Waals surface area contributed by atoms with E-state index in [1.807, 2.05) is 0 Å². The zero-order valence-corrected chi connectivity index (χ0v) is 24.0. The van der Waals surface area contributed by atoms with E-state index in [1.54, 1.807) is 35.2 Å². The Morgan fingerprint density at radius 1 is 1.20 bits per heavy atom. The lowest BCUT2D eigenvalue weighted by molar-refractivity contribution is -0.150. The number of thioether (sulfide) groups is 2. The Labute approximate surface area is 246 Å². The van der Waals surface area contributed by atoms with Crippen molar-refractivity contribution in [2.45, 2.75) is 35.6 Å². The summed E-state index contributed by atoms with van der Waals surface area (Å²) in [7, 11) is 0. The van der Waals surface area contributed by atoms with Crippen LogP contribution in [0.1, 0.15) is 18.9 Å². The number of benzene rings is 1. The molecule has 0 spiro atoms. The monoisotopic (exact) mass is 616 g/mol. The molecule has 3 aliphatic rings. The molecule has 1 aromatic carbocycles. The molecular formula is C25H24N6O7S3. The minimum Gasteiger partial charge on any atom is -0.508 e. The summed E-state index contributed by atoms with van der Waals surface area (Å²) in [5, 5.41) is 32.0. The molecule has 4 N–H and O–H groups in total. The van der Waals surface area contributed by atoms with Crippen LogP contribution in [0.3, 0.4) is 0 Å². The quantitative estimate of drug-likeness (QED) is 0.138. The molecule has 0 unspecified atom stereocenters. The molecule has 0 radical (unpaired) electrons. The highest BCUT2D eigenvalue weighted by atomic mass is 32.2. The summed E-state index contributed by atoms with van der Waals surface area (Å²) < 4.78 is 0.467. The van der Waals surface area contributed by atoms with E-state index in [-0.39, 0.29) is 34.8 Å². The summed E-state index contributed by atoms with van der Waals surface area (Å²) in [6.45, 7) is 2.17. The number of β-lactam (4-membered cyclic amide) rings is 1. The normalized spacial score (nSPS) is 21.1. The summed E-state index contributed by atoms with van der Waals surface area (Å²) in [6.07, 6.45) is 2.01. The van der Waals surface area contributed by atoms with Crippen molar-refractivity contribution >= 4 is 69.6 Å². The van der Waals surface area contributed by atoms with Crippen LogP contribution in [0.2, 0.25) is 0 Å². The number of fused-ring (bicyclic) bond motifs is 1. The number of aliphatic carboxylic acids is 1. The largest absolute Gasteiger partial charge is 0.508 e. The van der Waals surface area contributed by atoms with Gasteiger partial charge in [-0.3, -0.25) is 24.1 Å². The predicted molar refractivity (Wildman–Crippen MR) is 151 cm³/mol. The van der Waals surface area contributed by atoms with Crippen LogP contribution in [0.5, 0.6) is 5.75 Å². The average molecular weight is 617 g/mol. The van der Waals surface area contributed by atoms with Gasteiger partial charge >= 0.3 is 5.97 Å². The first-order chi connectivity index (χ1) is 19.6. The van der Waals surface area contributed by atoms with Crippen molar-refractivity contribution in [3.8, 4) is 5.75 Å². The van der Waals surface area contributed by atoms with Crippen LogP contribution in [0.25, 0.3) is 0 Å². The van der Waals surface area contributed by atoms with Gasteiger partial charge in [0.15, 0.2) is 4.34 Å². The van der Waals surface area contributed by atoms with Gasteiger partial charge in [-0.25, -0.2) is 4.79 Å². The number of carbonyl (C=O) groups excluding carboxylic acids is 4. The van der Waals surface area contributed by atoms with Crippen molar-refractivity contribution in [1.29, 1.82) is 0 Å². The molecule has 4 heterocycles. The third-order valence-electron chi connectivity index (χ3n) is 6.40. The summed E-state index contributed by atoms with van der Waals surface area (Å²) in [5.74, 6) is -2.40. The van der Waals surface area contributed by atoms with Crippen molar-refractivity contribution < 1.29 is 34.2 Å². The van der Waals surface area contributed by atoms with E-state index in [0.29, 0.717) is 40.1 Å². The fourth-order valence-electron chi connectivity index (χ4n) is 4.55. The molecule has 2 atom stereocenters. The lowest BCUT2D eigenvalue weighted by Crippen LogP contribution is -2.70. The molecule has 16 heteroatoms. The molecule has 4 amide bonds. The first-order valence-corrected chi connectivity index (χ1v) is 15.2. The van der Waals surface area contributed by atoms with E-state index in [2.05, 4.69) is 20.8 Å². The molecule has 1 aromatic heterocycles. The standard InChI is InChI=1S/C25H24N6O7S3/c1-12(32)26-24-28-29-25(41-24)40-11-17(34)27-18-21(36)31-19(23(37)38)15(10-39-22(18)31)8-14-6-7-30(20(14)35)9-13-2-4-16(33)5-3-13/h2-5,8,18,22,33H,6-7,9-11H2,1H3,(H,27,34)(H,37,38)(H,26,28,32)/t18-,22-/m1/s1.